The molecule has 1 aliphatic rings. The maximum atomic E-state index is 12.2. The molecule has 0 atom stereocenters. The number of hydrogen-bond donors (Lipinski definition) is 0. The first-order valence-corrected chi connectivity index (χ1v) is 7.43. The van der Waals surface area contributed by atoms with Crippen molar-refractivity contribution in [2.75, 3.05) is 17.1 Å². The van der Waals surface area contributed by atoms with Crippen molar-refractivity contribution in [2.24, 2.45) is 0 Å². The Balaban J connectivity index is 2.37. The Bertz CT molecular complexity index is 793. The highest BCUT2D eigenvalue weighted by molar-refractivity contribution is 7.92. The first-order valence-electron chi connectivity index (χ1n) is 5.59. The SMILES string of the molecule is CS(=O)(=O)N1CCn2c1cc1ccccc1c2=O. The first kappa shape index (κ1) is 11.3. The summed E-state index contributed by atoms with van der Waals surface area (Å²) in [5.74, 6) is 0.459. The molecule has 0 unspecified atom stereocenters. The van der Waals surface area contributed by atoms with Crippen LogP contribution in [0, 0.1) is 0 Å². The lowest BCUT2D eigenvalue weighted by molar-refractivity contribution is 0.598. The maximum Gasteiger partial charge on any atom is 0.260 e. The fourth-order valence-electron chi connectivity index (χ4n) is 2.35. The first-order chi connectivity index (χ1) is 8.48. The van der Waals surface area contributed by atoms with Gasteiger partial charge < -0.3 is 0 Å². The molecule has 0 bridgehead atoms. The molecular weight excluding hydrogens is 252 g/mol. The Kier molecular flexibility index (Phi) is 2.25. The summed E-state index contributed by atoms with van der Waals surface area (Å²) in [6.45, 7) is 0.733. The monoisotopic (exact) mass is 264 g/mol. The van der Waals surface area contributed by atoms with E-state index in [0.717, 1.165) is 11.6 Å². The van der Waals surface area contributed by atoms with Crippen LogP contribution in [-0.2, 0) is 16.6 Å². The minimum Gasteiger partial charge on any atom is -0.292 e. The highest BCUT2D eigenvalue weighted by Gasteiger charge is 2.27. The molecule has 0 aliphatic carbocycles. The van der Waals surface area contributed by atoms with E-state index >= 15 is 0 Å². The number of anilines is 1. The number of rotatable bonds is 1. The predicted molar refractivity (Wildman–Crippen MR) is 70.4 cm³/mol. The third kappa shape index (κ3) is 1.53. The summed E-state index contributed by atoms with van der Waals surface area (Å²) in [4.78, 5) is 12.2. The molecule has 0 amide bonds. The van der Waals surface area contributed by atoms with Crippen LogP contribution in [0.2, 0.25) is 0 Å². The number of aromatic nitrogens is 1. The average Bonchev–Trinajstić information content (AvgIpc) is 2.73. The van der Waals surface area contributed by atoms with E-state index in [9.17, 15) is 13.2 Å². The molecule has 2 heterocycles. The van der Waals surface area contributed by atoms with Crippen LogP contribution in [0.3, 0.4) is 0 Å². The molecule has 1 aliphatic heterocycles. The summed E-state index contributed by atoms with van der Waals surface area (Å²) >= 11 is 0. The van der Waals surface area contributed by atoms with E-state index in [1.165, 1.54) is 8.87 Å². The van der Waals surface area contributed by atoms with Crippen LogP contribution in [0.5, 0.6) is 0 Å². The summed E-state index contributed by atoms with van der Waals surface area (Å²) < 4.78 is 26.1. The number of benzene rings is 1. The Morgan fingerprint density at radius 2 is 1.89 bits per heavy atom. The van der Waals surface area contributed by atoms with Gasteiger partial charge in [-0.2, -0.15) is 0 Å². The van der Waals surface area contributed by atoms with Gasteiger partial charge >= 0.3 is 0 Å². The second-order valence-corrected chi connectivity index (χ2v) is 6.29. The van der Waals surface area contributed by atoms with Crippen LogP contribution in [0.4, 0.5) is 5.82 Å². The lowest BCUT2D eigenvalue weighted by Gasteiger charge is -2.15. The van der Waals surface area contributed by atoms with E-state index in [1.54, 1.807) is 18.2 Å². The highest BCUT2D eigenvalue weighted by Crippen LogP contribution is 2.25. The molecule has 3 rings (SSSR count). The van der Waals surface area contributed by atoms with E-state index in [-0.39, 0.29) is 5.56 Å². The number of nitrogens with zero attached hydrogens (tertiary/aromatic N) is 2. The Morgan fingerprint density at radius 3 is 2.61 bits per heavy atom. The van der Waals surface area contributed by atoms with Crippen LogP contribution >= 0.6 is 0 Å². The Hall–Kier alpha value is -1.82. The molecule has 2 aromatic rings. The van der Waals surface area contributed by atoms with Crippen LogP contribution in [0.15, 0.2) is 35.1 Å². The Labute approximate surface area is 104 Å². The minimum absolute atomic E-state index is 0.130. The molecule has 1 aromatic heterocycles. The smallest absolute Gasteiger partial charge is 0.260 e. The molecule has 0 spiro atoms. The van der Waals surface area contributed by atoms with Gasteiger partial charge in [-0.3, -0.25) is 13.7 Å². The van der Waals surface area contributed by atoms with Gasteiger partial charge in [-0.1, -0.05) is 18.2 Å². The molecule has 0 radical (unpaired) electrons. The summed E-state index contributed by atoms with van der Waals surface area (Å²) in [6.07, 6.45) is 1.16. The molecule has 0 N–H and O–H groups in total. The zero-order valence-corrected chi connectivity index (χ0v) is 10.6. The quantitative estimate of drug-likeness (QED) is 0.765. The van der Waals surface area contributed by atoms with E-state index in [4.69, 9.17) is 0 Å². The van der Waals surface area contributed by atoms with Gasteiger partial charge in [0.1, 0.15) is 5.82 Å². The van der Waals surface area contributed by atoms with Crippen molar-refractivity contribution in [3.8, 4) is 0 Å². The van der Waals surface area contributed by atoms with Crippen LogP contribution in [0.1, 0.15) is 0 Å². The van der Waals surface area contributed by atoms with Gasteiger partial charge in [-0.05, 0) is 17.5 Å². The van der Waals surface area contributed by atoms with Crippen molar-refractivity contribution < 1.29 is 8.42 Å². The number of hydrogen-bond acceptors (Lipinski definition) is 3. The summed E-state index contributed by atoms with van der Waals surface area (Å²) in [6, 6.07) is 8.97. The fourth-order valence-corrected chi connectivity index (χ4v) is 3.25. The number of pyridine rings is 1. The second-order valence-electron chi connectivity index (χ2n) is 4.38. The van der Waals surface area contributed by atoms with E-state index in [2.05, 4.69) is 0 Å². The zero-order valence-electron chi connectivity index (χ0n) is 9.83. The van der Waals surface area contributed by atoms with Crippen LogP contribution < -0.4 is 9.86 Å². The lowest BCUT2D eigenvalue weighted by atomic mass is 10.2. The van der Waals surface area contributed by atoms with Gasteiger partial charge in [0.25, 0.3) is 5.56 Å². The normalized spacial score (nSPS) is 15.1. The third-order valence-corrected chi connectivity index (χ3v) is 4.35. The molecule has 94 valence electrons. The summed E-state index contributed by atoms with van der Waals surface area (Å²) in [5.41, 5.74) is -0.130. The van der Waals surface area contributed by atoms with Crippen molar-refractivity contribution in [1.82, 2.24) is 4.57 Å². The van der Waals surface area contributed by atoms with Crippen LogP contribution in [0.25, 0.3) is 10.8 Å². The van der Waals surface area contributed by atoms with Crippen molar-refractivity contribution in [1.29, 1.82) is 0 Å². The maximum absolute atomic E-state index is 12.2. The molecule has 6 heteroatoms. The summed E-state index contributed by atoms with van der Waals surface area (Å²) in [5, 5.41) is 1.39. The van der Waals surface area contributed by atoms with Crippen LogP contribution in [-0.4, -0.2) is 25.8 Å². The van der Waals surface area contributed by atoms with E-state index in [1.807, 2.05) is 12.1 Å². The molecule has 0 saturated carbocycles. The van der Waals surface area contributed by atoms with Crippen molar-refractivity contribution in [2.45, 2.75) is 6.54 Å². The number of fused-ring (bicyclic) bond motifs is 2. The van der Waals surface area contributed by atoms with Gasteiger partial charge in [-0.25, -0.2) is 8.42 Å². The van der Waals surface area contributed by atoms with Gasteiger partial charge in [0, 0.05) is 11.9 Å². The van der Waals surface area contributed by atoms with Gasteiger partial charge in [0.05, 0.1) is 12.8 Å². The molecular formula is C12H12N2O3S. The fraction of sp³-hybridized carbons (Fsp3) is 0.250. The third-order valence-electron chi connectivity index (χ3n) is 3.18. The molecule has 18 heavy (non-hydrogen) atoms. The highest BCUT2D eigenvalue weighted by atomic mass is 32.2. The van der Waals surface area contributed by atoms with Crippen molar-refractivity contribution in [3.63, 3.8) is 0 Å². The van der Waals surface area contributed by atoms with E-state index < -0.39 is 10.0 Å². The van der Waals surface area contributed by atoms with Crippen molar-refractivity contribution in [3.05, 3.63) is 40.7 Å². The number of sulfonamides is 1. The second kappa shape index (κ2) is 3.58. The minimum atomic E-state index is -3.33. The van der Waals surface area contributed by atoms with Gasteiger partial charge in [0.2, 0.25) is 10.0 Å². The van der Waals surface area contributed by atoms with Gasteiger partial charge in [-0.15, -0.1) is 0 Å². The van der Waals surface area contributed by atoms with Crippen molar-refractivity contribution >= 4 is 26.6 Å². The Morgan fingerprint density at radius 1 is 1.17 bits per heavy atom. The summed E-state index contributed by atoms with van der Waals surface area (Å²) in [7, 11) is -3.33. The van der Waals surface area contributed by atoms with E-state index in [0.29, 0.717) is 24.3 Å². The van der Waals surface area contributed by atoms with Gasteiger partial charge in [0.15, 0.2) is 0 Å². The standard InChI is InChI=1S/C12H12N2O3S/c1-18(16,17)14-7-6-13-11(14)8-9-4-2-3-5-10(9)12(13)15/h2-5,8H,6-7H2,1H3. The zero-order chi connectivity index (χ0) is 12.9. The predicted octanol–water partition coefficient (Wildman–Crippen LogP) is 0.781. The molecule has 0 fully saturated rings. The molecule has 1 aromatic carbocycles. The topological polar surface area (TPSA) is 59.4 Å². The largest absolute Gasteiger partial charge is 0.292 e. The average molecular weight is 264 g/mol. The lowest BCUT2D eigenvalue weighted by Crippen LogP contribution is -2.28. The molecule has 0 saturated heterocycles. The molecule has 5 nitrogen and oxygen atoms in total.